The highest BCUT2D eigenvalue weighted by Gasteiger charge is 2.20. The first-order valence-electron chi connectivity index (χ1n) is 5.39. The van der Waals surface area contributed by atoms with Crippen LogP contribution in [0.3, 0.4) is 0 Å². The minimum absolute atomic E-state index is 0.0735. The number of carboxylic acid groups (broad SMARTS) is 1. The van der Waals surface area contributed by atoms with Crippen LogP contribution in [0.2, 0.25) is 0 Å². The molecule has 0 aliphatic rings. The molecule has 0 radical (unpaired) electrons. The molecule has 18 heavy (non-hydrogen) atoms. The van der Waals surface area contributed by atoms with Gasteiger partial charge in [0.25, 0.3) is 0 Å². The maximum atomic E-state index is 11.6. The molecule has 7 nitrogen and oxygen atoms in total. The number of terminal acetylenes is 1. The molecule has 0 aromatic carbocycles. The summed E-state index contributed by atoms with van der Waals surface area (Å²) >= 11 is 0. The van der Waals surface area contributed by atoms with Gasteiger partial charge in [0, 0.05) is 20.0 Å². The lowest BCUT2D eigenvalue weighted by Crippen LogP contribution is -2.47. The van der Waals surface area contributed by atoms with Gasteiger partial charge in [-0.1, -0.05) is 0 Å². The number of ether oxygens (including phenoxy) is 1. The zero-order chi connectivity index (χ0) is 14.0. The molecule has 2 amide bonds. The molecule has 0 aliphatic carbocycles. The fraction of sp³-hybridized carbons (Fsp3) is 0.636. The number of carbonyl (C=O) groups is 2. The molecule has 0 fully saturated rings. The van der Waals surface area contributed by atoms with Gasteiger partial charge in [-0.15, -0.1) is 12.3 Å². The third kappa shape index (κ3) is 6.73. The highest BCUT2D eigenvalue weighted by molar-refractivity contribution is 5.82. The van der Waals surface area contributed by atoms with Crippen molar-refractivity contribution in [1.29, 1.82) is 0 Å². The zero-order valence-electron chi connectivity index (χ0n) is 10.3. The van der Waals surface area contributed by atoms with Crippen LogP contribution >= 0.6 is 0 Å². The molecule has 3 N–H and O–H groups in total. The fourth-order valence-corrected chi connectivity index (χ4v) is 1.05. The van der Waals surface area contributed by atoms with E-state index >= 15 is 0 Å². The number of carbonyl (C=O) groups excluding carboxylic acids is 1. The van der Waals surface area contributed by atoms with E-state index in [9.17, 15) is 9.59 Å². The molecule has 0 rings (SSSR count). The summed E-state index contributed by atoms with van der Waals surface area (Å²) in [5, 5.41) is 19.6. The third-order valence-corrected chi connectivity index (χ3v) is 2.07. The number of aliphatic hydroxyl groups excluding tert-OH is 1. The van der Waals surface area contributed by atoms with E-state index in [1.54, 1.807) is 0 Å². The van der Waals surface area contributed by atoms with Gasteiger partial charge >= 0.3 is 12.0 Å². The van der Waals surface area contributed by atoms with Crippen LogP contribution in [-0.2, 0) is 9.53 Å². The highest BCUT2D eigenvalue weighted by Crippen LogP contribution is 1.94. The molecule has 1 atom stereocenters. The van der Waals surface area contributed by atoms with Crippen molar-refractivity contribution in [3.05, 3.63) is 0 Å². The van der Waals surface area contributed by atoms with E-state index in [1.165, 1.54) is 11.9 Å². The number of likely N-dealkylation sites (N-methyl/N-ethyl adjacent to an activating group) is 1. The number of aliphatic carboxylic acids is 1. The number of nitrogens with zero attached hydrogens (tertiary/aromatic N) is 1. The third-order valence-electron chi connectivity index (χ3n) is 2.07. The molecule has 0 spiro atoms. The second kappa shape index (κ2) is 9.27. The van der Waals surface area contributed by atoms with E-state index < -0.39 is 18.0 Å². The normalized spacial score (nSPS) is 11.4. The monoisotopic (exact) mass is 258 g/mol. The van der Waals surface area contributed by atoms with E-state index in [4.69, 9.17) is 21.4 Å². The summed E-state index contributed by atoms with van der Waals surface area (Å²) in [4.78, 5) is 23.6. The van der Waals surface area contributed by atoms with E-state index in [1.807, 2.05) is 0 Å². The quantitative estimate of drug-likeness (QED) is 0.387. The topological polar surface area (TPSA) is 99.1 Å². The van der Waals surface area contributed by atoms with Crippen LogP contribution in [0, 0.1) is 12.3 Å². The summed E-state index contributed by atoms with van der Waals surface area (Å²) in [6.45, 7) is 0.662. The summed E-state index contributed by atoms with van der Waals surface area (Å²) in [7, 11) is 1.51. The predicted octanol–water partition coefficient (Wildman–Crippen LogP) is -0.887. The summed E-state index contributed by atoms with van der Waals surface area (Å²) in [5.41, 5.74) is 0. The van der Waals surface area contributed by atoms with Crippen molar-refractivity contribution in [2.75, 3.05) is 33.4 Å². The lowest BCUT2D eigenvalue weighted by molar-refractivity contribution is -0.139. The summed E-state index contributed by atoms with van der Waals surface area (Å²) in [6, 6.07) is -1.63. The molecular weight excluding hydrogens is 240 g/mol. The Balaban J connectivity index is 4.05. The summed E-state index contributed by atoms with van der Waals surface area (Å²) in [6.07, 6.45) is 4.94. The molecule has 0 bridgehead atoms. The Bertz CT molecular complexity index is 313. The SMILES string of the molecule is C#CCC(NC(=O)N(C)CCOCCO)C(=O)O. The van der Waals surface area contributed by atoms with Gasteiger partial charge in [0.15, 0.2) is 0 Å². The van der Waals surface area contributed by atoms with Crippen LogP contribution < -0.4 is 5.32 Å². The van der Waals surface area contributed by atoms with Crippen molar-refractivity contribution < 1.29 is 24.5 Å². The Kier molecular flexibility index (Phi) is 8.35. The minimum atomic E-state index is -1.17. The van der Waals surface area contributed by atoms with Crippen molar-refractivity contribution >= 4 is 12.0 Å². The first-order chi connectivity index (χ1) is 8.52. The molecule has 0 heterocycles. The van der Waals surface area contributed by atoms with Gasteiger partial charge in [-0.25, -0.2) is 9.59 Å². The van der Waals surface area contributed by atoms with Crippen LogP contribution in [0.25, 0.3) is 0 Å². The lowest BCUT2D eigenvalue weighted by atomic mass is 10.2. The highest BCUT2D eigenvalue weighted by atomic mass is 16.5. The zero-order valence-corrected chi connectivity index (χ0v) is 10.3. The van der Waals surface area contributed by atoms with Gasteiger partial charge in [-0.2, -0.15) is 0 Å². The Labute approximate surface area is 106 Å². The summed E-state index contributed by atoms with van der Waals surface area (Å²) in [5.74, 6) is 1.01. The van der Waals surface area contributed by atoms with Gasteiger partial charge in [-0.3, -0.25) is 0 Å². The van der Waals surface area contributed by atoms with Gasteiger partial charge in [0.05, 0.1) is 19.8 Å². The number of rotatable bonds is 8. The van der Waals surface area contributed by atoms with Crippen molar-refractivity contribution in [2.24, 2.45) is 0 Å². The Hall–Kier alpha value is -1.78. The van der Waals surface area contributed by atoms with E-state index in [2.05, 4.69) is 11.2 Å². The fourth-order valence-electron chi connectivity index (χ4n) is 1.05. The van der Waals surface area contributed by atoms with Crippen LogP contribution in [0.15, 0.2) is 0 Å². The summed E-state index contributed by atoms with van der Waals surface area (Å²) < 4.78 is 4.98. The first-order valence-corrected chi connectivity index (χ1v) is 5.39. The number of hydrogen-bond acceptors (Lipinski definition) is 4. The number of aliphatic hydroxyl groups is 1. The average Bonchev–Trinajstić information content (AvgIpc) is 2.33. The Morgan fingerprint density at radius 1 is 1.50 bits per heavy atom. The first kappa shape index (κ1) is 16.2. The van der Waals surface area contributed by atoms with Crippen LogP contribution in [0.5, 0.6) is 0 Å². The second-order valence-electron chi connectivity index (χ2n) is 3.51. The van der Waals surface area contributed by atoms with Gasteiger partial charge < -0.3 is 25.2 Å². The maximum absolute atomic E-state index is 11.6. The molecule has 102 valence electrons. The largest absolute Gasteiger partial charge is 0.480 e. The molecule has 7 heteroatoms. The number of amides is 2. The smallest absolute Gasteiger partial charge is 0.327 e. The Morgan fingerprint density at radius 3 is 2.67 bits per heavy atom. The number of hydrogen-bond donors (Lipinski definition) is 3. The standard InChI is InChI=1S/C11H18N2O5/c1-3-4-9(10(15)16)12-11(17)13(2)5-7-18-8-6-14/h1,9,14H,4-8H2,2H3,(H,12,17)(H,15,16). The van der Waals surface area contributed by atoms with Gasteiger partial charge in [0.1, 0.15) is 6.04 Å². The van der Waals surface area contributed by atoms with Crippen molar-refractivity contribution in [2.45, 2.75) is 12.5 Å². The van der Waals surface area contributed by atoms with Gasteiger partial charge in [0.2, 0.25) is 0 Å². The molecule has 0 aromatic heterocycles. The number of nitrogens with one attached hydrogen (secondary N) is 1. The van der Waals surface area contributed by atoms with Crippen LogP contribution in [-0.4, -0.2) is 66.6 Å². The molecule has 1 unspecified atom stereocenters. The molecule has 0 aliphatic heterocycles. The maximum Gasteiger partial charge on any atom is 0.327 e. The Morgan fingerprint density at radius 2 is 2.17 bits per heavy atom. The second-order valence-corrected chi connectivity index (χ2v) is 3.51. The molecule has 0 saturated heterocycles. The number of urea groups is 1. The van der Waals surface area contributed by atoms with Crippen molar-refractivity contribution in [3.8, 4) is 12.3 Å². The molecule has 0 aromatic rings. The average molecular weight is 258 g/mol. The van der Waals surface area contributed by atoms with E-state index in [0.717, 1.165) is 0 Å². The molecule has 0 saturated carbocycles. The van der Waals surface area contributed by atoms with Crippen LogP contribution in [0.4, 0.5) is 4.79 Å². The van der Waals surface area contributed by atoms with E-state index in [-0.39, 0.29) is 32.8 Å². The predicted molar refractivity (Wildman–Crippen MR) is 63.9 cm³/mol. The van der Waals surface area contributed by atoms with Gasteiger partial charge in [-0.05, 0) is 0 Å². The minimum Gasteiger partial charge on any atom is -0.480 e. The van der Waals surface area contributed by atoms with Crippen LogP contribution in [0.1, 0.15) is 6.42 Å². The van der Waals surface area contributed by atoms with E-state index in [0.29, 0.717) is 0 Å². The number of carboxylic acids is 1. The van der Waals surface area contributed by atoms with Crippen molar-refractivity contribution in [1.82, 2.24) is 10.2 Å². The molecular formula is C11H18N2O5. The lowest BCUT2D eigenvalue weighted by Gasteiger charge is -2.20. The van der Waals surface area contributed by atoms with Crippen molar-refractivity contribution in [3.63, 3.8) is 0 Å².